The molecule has 3 aromatic carbocycles. The van der Waals surface area contributed by atoms with E-state index in [2.05, 4.69) is 5.32 Å². The van der Waals surface area contributed by atoms with Crippen LogP contribution in [0.3, 0.4) is 0 Å². The molecule has 1 N–H and O–H groups in total. The molecule has 4 nitrogen and oxygen atoms in total. The number of hydrogen-bond acceptors (Lipinski definition) is 2. The number of nitrogens with zero attached hydrogens (tertiary/aromatic N) is 1. The van der Waals surface area contributed by atoms with Gasteiger partial charge in [0.2, 0.25) is 5.91 Å². The fourth-order valence-corrected chi connectivity index (χ4v) is 3.69. The summed E-state index contributed by atoms with van der Waals surface area (Å²) in [5.74, 6) is -1.80. The molecule has 30 heavy (non-hydrogen) atoms. The monoisotopic (exact) mass is 406 g/mol. The van der Waals surface area contributed by atoms with Crippen molar-refractivity contribution in [3.8, 4) is 0 Å². The Morgan fingerprint density at radius 3 is 2.50 bits per heavy atom. The second kappa shape index (κ2) is 8.45. The third-order valence-corrected chi connectivity index (χ3v) is 5.26. The first kappa shape index (κ1) is 19.8. The van der Waals surface area contributed by atoms with Crippen LogP contribution in [0.4, 0.5) is 8.78 Å². The molecule has 152 valence electrons. The first-order chi connectivity index (χ1) is 14.5. The first-order valence-electron chi connectivity index (χ1n) is 9.67. The summed E-state index contributed by atoms with van der Waals surface area (Å²) in [7, 11) is 0. The van der Waals surface area contributed by atoms with Gasteiger partial charge in [0.1, 0.15) is 17.7 Å². The maximum atomic E-state index is 13.9. The fraction of sp³-hybridized carbons (Fsp3) is 0.167. The molecule has 1 atom stereocenters. The van der Waals surface area contributed by atoms with Crippen molar-refractivity contribution in [2.24, 2.45) is 0 Å². The van der Waals surface area contributed by atoms with Gasteiger partial charge in [0.05, 0.1) is 0 Å². The molecule has 0 bridgehead atoms. The van der Waals surface area contributed by atoms with E-state index in [4.69, 9.17) is 0 Å². The van der Waals surface area contributed by atoms with Crippen molar-refractivity contribution in [3.63, 3.8) is 0 Å². The summed E-state index contributed by atoms with van der Waals surface area (Å²) in [5.41, 5.74) is 2.40. The van der Waals surface area contributed by atoms with Crippen LogP contribution in [0.15, 0.2) is 72.8 Å². The number of halogens is 2. The summed E-state index contributed by atoms with van der Waals surface area (Å²) in [6.45, 7) is 0.164. The average molecular weight is 406 g/mol. The van der Waals surface area contributed by atoms with Gasteiger partial charge >= 0.3 is 0 Å². The molecule has 0 saturated carbocycles. The smallest absolute Gasteiger partial charge is 0.255 e. The predicted octanol–water partition coefficient (Wildman–Crippen LogP) is 3.85. The second-order valence-corrected chi connectivity index (χ2v) is 7.25. The second-order valence-electron chi connectivity index (χ2n) is 7.25. The number of benzene rings is 3. The Bertz CT molecular complexity index is 1090. The molecule has 0 aromatic heterocycles. The number of fused-ring (bicyclic) bond motifs is 1. The Kier molecular flexibility index (Phi) is 5.57. The minimum atomic E-state index is -0.774. The summed E-state index contributed by atoms with van der Waals surface area (Å²) in [4.78, 5) is 27.6. The molecule has 0 aliphatic carbocycles. The third kappa shape index (κ3) is 4.08. The van der Waals surface area contributed by atoms with Crippen LogP contribution in [0.5, 0.6) is 0 Å². The molecule has 4 rings (SSSR count). The molecular formula is C24H20F2N2O2. The van der Waals surface area contributed by atoms with Gasteiger partial charge in [-0.2, -0.15) is 0 Å². The van der Waals surface area contributed by atoms with Gasteiger partial charge in [-0.15, -0.1) is 0 Å². The lowest BCUT2D eigenvalue weighted by Gasteiger charge is -2.27. The molecule has 0 radical (unpaired) electrons. The van der Waals surface area contributed by atoms with Crippen LogP contribution in [-0.4, -0.2) is 22.8 Å². The van der Waals surface area contributed by atoms with Crippen molar-refractivity contribution >= 4 is 11.8 Å². The van der Waals surface area contributed by atoms with Gasteiger partial charge in [-0.3, -0.25) is 9.59 Å². The average Bonchev–Trinajstić information content (AvgIpc) is 3.09. The van der Waals surface area contributed by atoms with E-state index in [1.165, 1.54) is 4.90 Å². The highest BCUT2D eigenvalue weighted by Crippen LogP contribution is 2.26. The van der Waals surface area contributed by atoms with E-state index in [9.17, 15) is 18.4 Å². The van der Waals surface area contributed by atoms with Gasteiger partial charge < -0.3 is 10.2 Å². The van der Waals surface area contributed by atoms with Gasteiger partial charge in [0.15, 0.2) is 0 Å². The number of carbonyl (C=O) groups is 2. The summed E-state index contributed by atoms with van der Waals surface area (Å²) >= 11 is 0. The molecule has 1 aliphatic rings. The summed E-state index contributed by atoms with van der Waals surface area (Å²) in [6.07, 6.45) is 0.317. The Balaban J connectivity index is 1.57. The van der Waals surface area contributed by atoms with Crippen LogP contribution in [0, 0.1) is 11.6 Å². The Morgan fingerprint density at radius 2 is 1.73 bits per heavy atom. The number of rotatable bonds is 6. The van der Waals surface area contributed by atoms with Gasteiger partial charge in [-0.1, -0.05) is 48.5 Å². The van der Waals surface area contributed by atoms with Crippen LogP contribution in [0.1, 0.15) is 27.0 Å². The molecule has 0 spiro atoms. The molecule has 2 amide bonds. The lowest BCUT2D eigenvalue weighted by Crippen LogP contribution is -2.48. The van der Waals surface area contributed by atoms with Gasteiger partial charge in [-0.25, -0.2) is 8.78 Å². The number of nitrogens with one attached hydrogen (secondary N) is 1. The number of carbonyl (C=O) groups excluding carboxylic acids is 2. The quantitative estimate of drug-likeness (QED) is 0.676. The van der Waals surface area contributed by atoms with E-state index in [-0.39, 0.29) is 18.0 Å². The van der Waals surface area contributed by atoms with Crippen molar-refractivity contribution in [3.05, 3.63) is 107 Å². The normalized spacial score (nSPS) is 13.8. The van der Waals surface area contributed by atoms with E-state index in [1.807, 2.05) is 42.5 Å². The van der Waals surface area contributed by atoms with Crippen molar-refractivity contribution in [1.82, 2.24) is 10.2 Å². The summed E-state index contributed by atoms with van der Waals surface area (Å²) in [5, 5.41) is 2.67. The van der Waals surface area contributed by atoms with Gasteiger partial charge in [0.25, 0.3) is 5.91 Å². The molecule has 3 aromatic rings. The van der Waals surface area contributed by atoms with Crippen molar-refractivity contribution in [1.29, 1.82) is 0 Å². The fourth-order valence-electron chi connectivity index (χ4n) is 3.69. The van der Waals surface area contributed by atoms with E-state index in [0.29, 0.717) is 18.5 Å². The standard InChI is InChI=1S/C24H20F2N2O2/c25-19-10-11-21(26)18(13-19)14-27-23(29)22(12-16-6-2-1-3-7-16)28-15-17-8-4-5-9-20(17)24(28)30/h1-11,13,22H,12,14-15H2,(H,27,29)/t22-/m0/s1. The van der Waals surface area contributed by atoms with E-state index >= 15 is 0 Å². The third-order valence-electron chi connectivity index (χ3n) is 5.26. The zero-order valence-electron chi connectivity index (χ0n) is 16.1. The van der Waals surface area contributed by atoms with Gasteiger partial charge in [-0.05, 0) is 35.4 Å². The molecular weight excluding hydrogens is 386 g/mol. The lowest BCUT2D eigenvalue weighted by molar-refractivity contribution is -0.125. The largest absolute Gasteiger partial charge is 0.350 e. The first-order valence-corrected chi connectivity index (χ1v) is 9.67. The van der Waals surface area contributed by atoms with E-state index in [1.54, 1.807) is 12.1 Å². The van der Waals surface area contributed by atoms with Crippen LogP contribution < -0.4 is 5.32 Å². The Morgan fingerprint density at radius 1 is 1.00 bits per heavy atom. The Labute approximate surface area is 173 Å². The molecule has 1 heterocycles. The van der Waals surface area contributed by atoms with Crippen molar-refractivity contribution in [2.45, 2.75) is 25.6 Å². The minimum Gasteiger partial charge on any atom is -0.350 e. The zero-order valence-corrected chi connectivity index (χ0v) is 16.1. The summed E-state index contributed by atoms with van der Waals surface area (Å²) in [6, 6.07) is 19.0. The molecule has 6 heteroatoms. The molecule has 0 saturated heterocycles. The predicted molar refractivity (Wildman–Crippen MR) is 108 cm³/mol. The van der Waals surface area contributed by atoms with Crippen LogP contribution in [-0.2, 0) is 24.3 Å². The zero-order chi connectivity index (χ0) is 21.1. The molecule has 1 aliphatic heterocycles. The van der Waals surface area contributed by atoms with Crippen molar-refractivity contribution < 1.29 is 18.4 Å². The van der Waals surface area contributed by atoms with E-state index < -0.39 is 23.6 Å². The maximum Gasteiger partial charge on any atom is 0.255 e. The van der Waals surface area contributed by atoms with E-state index in [0.717, 1.165) is 29.3 Å². The highest BCUT2D eigenvalue weighted by molar-refractivity contribution is 6.01. The topological polar surface area (TPSA) is 49.4 Å². The Hall–Kier alpha value is -3.54. The van der Waals surface area contributed by atoms with Gasteiger partial charge in [0, 0.05) is 30.6 Å². The van der Waals surface area contributed by atoms with Crippen LogP contribution in [0.2, 0.25) is 0 Å². The lowest BCUT2D eigenvalue weighted by atomic mass is 10.0. The molecule has 0 fully saturated rings. The highest BCUT2D eigenvalue weighted by atomic mass is 19.1. The van der Waals surface area contributed by atoms with Crippen LogP contribution in [0.25, 0.3) is 0 Å². The number of hydrogen-bond donors (Lipinski definition) is 1. The highest BCUT2D eigenvalue weighted by Gasteiger charge is 2.36. The SMILES string of the molecule is O=C(NCc1cc(F)ccc1F)[C@H](Cc1ccccc1)N1Cc2ccccc2C1=O. The van der Waals surface area contributed by atoms with Crippen molar-refractivity contribution in [2.75, 3.05) is 0 Å². The number of amides is 2. The molecule has 0 unspecified atom stereocenters. The minimum absolute atomic E-state index is 0.0536. The summed E-state index contributed by atoms with van der Waals surface area (Å²) < 4.78 is 27.4. The van der Waals surface area contributed by atoms with Crippen LogP contribution >= 0.6 is 0 Å². The maximum absolute atomic E-state index is 13.9.